The van der Waals surface area contributed by atoms with Gasteiger partial charge in [0.05, 0.1) is 13.2 Å². The first-order valence-corrected chi connectivity index (χ1v) is 8.39. The molecular weight excluding hydrogens is 260 g/mol. The molecule has 2 N–H and O–H groups in total. The van der Waals surface area contributed by atoms with E-state index in [4.69, 9.17) is 4.74 Å². The van der Waals surface area contributed by atoms with Crippen LogP contribution < -0.4 is 10.6 Å². The molecule has 0 aromatic rings. The number of guanidine groups is 1. The molecule has 1 rings (SSSR count). The maximum atomic E-state index is 5.36. The molecule has 1 saturated heterocycles. The molecule has 1 aliphatic rings. The minimum atomic E-state index is 0.609. The average molecular weight is 288 g/mol. The Bertz CT molecular complexity index is 257. The fourth-order valence-corrected chi connectivity index (χ4v) is 2.36. The molecule has 19 heavy (non-hydrogen) atoms. The number of hydrogen-bond acceptors (Lipinski definition) is 4. The van der Waals surface area contributed by atoms with Crippen LogP contribution in [0.1, 0.15) is 6.92 Å². The van der Waals surface area contributed by atoms with E-state index < -0.39 is 0 Å². The van der Waals surface area contributed by atoms with Crippen molar-refractivity contribution in [3.8, 4) is 0 Å². The van der Waals surface area contributed by atoms with Crippen LogP contribution in [0.25, 0.3) is 0 Å². The highest BCUT2D eigenvalue weighted by molar-refractivity contribution is 7.98. The molecule has 1 fully saturated rings. The lowest BCUT2D eigenvalue weighted by Crippen LogP contribution is -2.44. The Morgan fingerprint density at radius 2 is 2.11 bits per heavy atom. The van der Waals surface area contributed by atoms with E-state index in [1.54, 1.807) is 0 Å². The molecule has 0 aromatic heterocycles. The zero-order valence-corrected chi connectivity index (χ0v) is 13.3. The number of ether oxygens (including phenoxy) is 1. The zero-order valence-electron chi connectivity index (χ0n) is 12.4. The van der Waals surface area contributed by atoms with E-state index >= 15 is 0 Å². The average Bonchev–Trinajstić information content (AvgIpc) is 2.44. The van der Waals surface area contributed by atoms with Crippen molar-refractivity contribution in [3.63, 3.8) is 0 Å². The van der Waals surface area contributed by atoms with Crippen LogP contribution in [-0.2, 0) is 4.74 Å². The largest absolute Gasteiger partial charge is 0.379 e. The van der Waals surface area contributed by atoms with Gasteiger partial charge in [-0.3, -0.25) is 9.89 Å². The van der Waals surface area contributed by atoms with E-state index in [-0.39, 0.29) is 0 Å². The minimum absolute atomic E-state index is 0.609. The molecule has 0 aromatic carbocycles. The van der Waals surface area contributed by atoms with Gasteiger partial charge in [0.15, 0.2) is 5.96 Å². The number of rotatable bonds is 7. The summed E-state index contributed by atoms with van der Waals surface area (Å²) in [5.41, 5.74) is 0. The summed E-state index contributed by atoms with van der Waals surface area (Å²) in [5.74, 6) is 2.62. The Morgan fingerprint density at radius 1 is 1.37 bits per heavy atom. The summed E-state index contributed by atoms with van der Waals surface area (Å²) in [6.07, 6.45) is 2.11. The summed E-state index contributed by atoms with van der Waals surface area (Å²) in [6.45, 7) is 9.18. The van der Waals surface area contributed by atoms with Crippen LogP contribution >= 0.6 is 11.8 Å². The molecule has 0 bridgehead atoms. The lowest BCUT2D eigenvalue weighted by molar-refractivity contribution is 0.0320. The van der Waals surface area contributed by atoms with Crippen molar-refractivity contribution in [3.05, 3.63) is 0 Å². The van der Waals surface area contributed by atoms with Gasteiger partial charge < -0.3 is 15.4 Å². The smallest absolute Gasteiger partial charge is 0.191 e. The Morgan fingerprint density at radius 3 is 2.74 bits per heavy atom. The maximum Gasteiger partial charge on any atom is 0.191 e. The van der Waals surface area contributed by atoms with Gasteiger partial charge >= 0.3 is 0 Å². The van der Waals surface area contributed by atoms with Crippen LogP contribution in [0, 0.1) is 5.92 Å². The van der Waals surface area contributed by atoms with Crippen molar-refractivity contribution < 1.29 is 4.74 Å². The van der Waals surface area contributed by atoms with Gasteiger partial charge in [0.25, 0.3) is 0 Å². The van der Waals surface area contributed by atoms with Crippen molar-refractivity contribution in [2.24, 2.45) is 10.9 Å². The minimum Gasteiger partial charge on any atom is -0.379 e. The molecule has 1 unspecified atom stereocenters. The third-order valence-electron chi connectivity index (χ3n) is 3.11. The second-order valence-corrected chi connectivity index (χ2v) is 5.88. The number of aliphatic imine (C=N–C) groups is 1. The Hall–Kier alpha value is -0.460. The van der Waals surface area contributed by atoms with Gasteiger partial charge in [-0.1, -0.05) is 6.92 Å². The summed E-state index contributed by atoms with van der Waals surface area (Å²) < 4.78 is 5.36. The van der Waals surface area contributed by atoms with Crippen LogP contribution in [0.2, 0.25) is 0 Å². The van der Waals surface area contributed by atoms with Gasteiger partial charge in [-0.25, -0.2) is 0 Å². The molecule has 1 aliphatic heterocycles. The fraction of sp³-hybridized carbons (Fsp3) is 0.923. The van der Waals surface area contributed by atoms with Crippen molar-refractivity contribution >= 4 is 17.7 Å². The standard InChI is InChI=1S/C13H28N4OS/c1-12(11-17-5-7-18-8-6-17)10-16-13(14-2)15-4-9-19-3/h12H,4-11H2,1-3H3,(H2,14,15,16). The lowest BCUT2D eigenvalue weighted by atomic mass is 10.1. The number of thioether (sulfide) groups is 1. The van der Waals surface area contributed by atoms with Crippen molar-refractivity contribution in [1.29, 1.82) is 0 Å². The zero-order chi connectivity index (χ0) is 13.9. The molecule has 0 amide bonds. The Balaban J connectivity index is 2.14. The van der Waals surface area contributed by atoms with E-state index in [1.807, 2.05) is 18.8 Å². The number of morpholine rings is 1. The van der Waals surface area contributed by atoms with Crippen molar-refractivity contribution in [1.82, 2.24) is 15.5 Å². The second-order valence-electron chi connectivity index (χ2n) is 4.89. The molecule has 5 nitrogen and oxygen atoms in total. The third kappa shape index (κ3) is 7.64. The fourth-order valence-electron chi connectivity index (χ4n) is 2.05. The summed E-state index contributed by atoms with van der Waals surface area (Å²) >= 11 is 1.84. The van der Waals surface area contributed by atoms with Gasteiger partial charge in [-0.05, 0) is 12.2 Å². The molecule has 112 valence electrons. The van der Waals surface area contributed by atoms with E-state index in [0.29, 0.717) is 5.92 Å². The predicted octanol–water partition coefficient (Wildman–Crippen LogP) is 0.483. The predicted molar refractivity (Wildman–Crippen MR) is 84.2 cm³/mol. The van der Waals surface area contributed by atoms with Gasteiger partial charge in [0.2, 0.25) is 0 Å². The summed E-state index contributed by atoms with van der Waals surface area (Å²) in [6, 6.07) is 0. The molecular formula is C13H28N4OS. The second kappa shape index (κ2) is 10.3. The molecule has 1 atom stereocenters. The van der Waals surface area contributed by atoms with Gasteiger partial charge in [-0.2, -0.15) is 11.8 Å². The monoisotopic (exact) mass is 288 g/mol. The van der Waals surface area contributed by atoms with Crippen LogP contribution in [0.3, 0.4) is 0 Å². The summed E-state index contributed by atoms with van der Waals surface area (Å²) in [4.78, 5) is 6.70. The Labute approximate surface area is 121 Å². The van der Waals surface area contributed by atoms with Crippen molar-refractivity contribution in [2.75, 3.05) is 65.0 Å². The molecule has 0 spiro atoms. The first-order valence-electron chi connectivity index (χ1n) is 6.99. The Kier molecular flexibility index (Phi) is 9.03. The van der Waals surface area contributed by atoms with E-state index in [1.165, 1.54) is 0 Å². The summed E-state index contributed by atoms with van der Waals surface area (Å²) in [5, 5.41) is 6.70. The van der Waals surface area contributed by atoms with Gasteiger partial charge in [-0.15, -0.1) is 0 Å². The molecule has 0 radical (unpaired) electrons. The highest BCUT2D eigenvalue weighted by atomic mass is 32.2. The van der Waals surface area contributed by atoms with Gasteiger partial charge in [0, 0.05) is 45.5 Å². The number of nitrogens with zero attached hydrogens (tertiary/aromatic N) is 2. The normalized spacial score (nSPS) is 19.2. The van der Waals surface area contributed by atoms with Crippen LogP contribution in [-0.4, -0.2) is 75.9 Å². The first kappa shape index (κ1) is 16.6. The lowest BCUT2D eigenvalue weighted by Gasteiger charge is -2.29. The highest BCUT2D eigenvalue weighted by Gasteiger charge is 2.13. The summed E-state index contributed by atoms with van der Waals surface area (Å²) in [7, 11) is 1.82. The highest BCUT2D eigenvalue weighted by Crippen LogP contribution is 2.02. The van der Waals surface area contributed by atoms with Crippen molar-refractivity contribution in [2.45, 2.75) is 6.92 Å². The van der Waals surface area contributed by atoms with Crippen LogP contribution in [0.15, 0.2) is 4.99 Å². The molecule has 0 aliphatic carbocycles. The maximum absolute atomic E-state index is 5.36. The number of nitrogens with one attached hydrogen (secondary N) is 2. The quantitative estimate of drug-likeness (QED) is 0.405. The first-order chi connectivity index (χ1) is 9.26. The van der Waals surface area contributed by atoms with E-state index in [2.05, 4.69) is 33.7 Å². The van der Waals surface area contributed by atoms with Crippen LogP contribution in [0.5, 0.6) is 0 Å². The van der Waals surface area contributed by atoms with Crippen LogP contribution in [0.4, 0.5) is 0 Å². The van der Waals surface area contributed by atoms with E-state index in [9.17, 15) is 0 Å². The molecule has 6 heteroatoms. The molecule has 1 heterocycles. The number of hydrogen-bond donors (Lipinski definition) is 2. The third-order valence-corrected chi connectivity index (χ3v) is 3.73. The topological polar surface area (TPSA) is 48.9 Å². The van der Waals surface area contributed by atoms with E-state index in [0.717, 1.165) is 57.6 Å². The molecule has 0 saturated carbocycles. The van der Waals surface area contributed by atoms with Gasteiger partial charge in [0.1, 0.15) is 0 Å². The SMILES string of the molecule is CN=C(NCCSC)NCC(C)CN1CCOCC1.